The summed E-state index contributed by atoms with van der Waals surface area (Å²) in [4.78, 5) is 0. The summed E-state index contributed by atoms with van der Waals surface area (Å²) >= 11 is 0. The zero-order valence-electron chi connectivity index (χ0n) is 9.95. The number of hydrogen-bond acceptors (Lipinski definition) is 2. The van der Waals surface area contributed by atoms with Crippen molar-refractivity contribution in [2.45, 2.75) is 33.5 Å². The Morgan fingerprint density at radius 3 is 2.13 bits per heavy atom. The van der Waals surface area contributed by atoms with E-state index >= 15 is 0 Å². The topological polar surface area (TPSA) is 29.5 Å². The third kappa shape index (κ3) is 3.33. The first-order chi connectivity index (χ1) is 6.95. The van der Waals surface area contributed by atoms with E-state index in [1.165, 1.54) is 0 Å². The van der Waals surface area contributed by atoms with Gasteiger partial charge in [-0.1, -0.05) is 45.0 Å². The van der Waals surface area contributed by atoms with E-state index in [1.54, 1.807) is 7.11 Å². The Morgan fingerprint density at radius 2 is 1.73 bits per heavy atom. The molecule has 0 radical (unpaired) electrons. The van der Waals surface area contributed by atoms with Crippen LogP contribution in [0.4, 0.5) is 0 Å². The van der Waals surface area contributed by atoms with Crippen LogP contribution in [0.5, 0.6) is 0 Å². The fraction of sp³-hybridized carbons (Fsp3) is 0.538. The van der Waals surface area contributed by atoms with E-state index in [0.29, 0.717) is 6.61 Å². The highest BCUT2D eigenvalue weighted by molar-refractivity contribution is 5.24. The highest BCUT2D eigenvalue weighted by Crippen LogP contribution is 2.32. The summed E-state index contributed by atoms with van der Waals surface area (Å²) < 4.78 is 5.03. The molecule has 0 aliphatic rings. The number of hydrogen-bond donors (Lipinski definition) is 1. The van der Waals surface area contributed by atoms with Gasteiger partial charge in [-0.3, -0.25) is 0 Å². The van der Waals surface area contributed by atoms with E-state index in [-0.39, 0.29) is 5.41 Å². The SMILES string of the molecule is COCc1ccc(C(O)C(C)(C)C)cc1. The number of rotatable bonds is 3. The molecule has 0 saturated carbocycles. The monoisotopic (exact) mass is 208 g/mol. The molecule has 0 fully saturated rings. The second-order valence-corrected chi connectivity index (χ2v) is 4.94. The lowest BCUT2D eigenvalue weighted by Crippen LogP contribution is -2.17. The minimum absolute atomic E-state index is 0.122. The lowest BCUT2D eigenvalue weighted by molar-refractivity contribution is 0.0626. The normalized spacial score (nSPS) is 13.9. The molecule has 1 N–H and O–H groups in total. The Balaban J connectivity index is 2.80. The Bertz CT molecular complexity index is 295. The van der Waals surface area contributed by atoms with Gasteiger partial charge in [-0.25, -0.2) is 0 Å². The van der Waals surface area contributed by atoms with Crippen molar-refractivity contribution in [3.63, 3.8) is 0 Å². The maximum absolute atomic E-state index is 10.0. The third-order valence-electron chi connectivity index (χ3n) is 2.43. The Hall–Kier alpha value is -0.860. The second-order valence-electron chi connectivity index (χ2n) is 4.94. The van der Waals surface area contributed by atoms with Gasteiger partial charge in [0.1, 0.15) is 0 Å². The number of aliphatic hydroxyl groups is 1. The molecule has 2 heteroatoms. The largest absolute Gasteiger partial charge is 0.388 e. The van der Waals surface area contributed by atoms with E-state index in [2.05, 4.69) is 0 Å². The maximum Gasteiger partial charge on any atom is 0.0838 e. The molecule has 1 rings (SSSR count). The molecular weight excluding hydrogens is 188 g/mol. The van der Waals surface area contributed by atoms with E-state index in [4.69, 9.17) is 4.74 Å². The van der Waals surface area contributed by atoms with Crippen LogP contribution >= 0.6 is 0 Å². The number of aliphatic hydroxyl groups excluding tert-OH is 1. The van der Waals surface area contributed by atoms with Gasteiger partial charge in [0.2, 0.25) is 0 Å². The summed E-state index contributed by atoms with van der Waals surface area (Å²) in [6.45, 7) is 6.70. The molecule has 0 aliphatic heterocycles. The quantitative estimate of drug-likeness (QED) is 0.827. The van der Waals surface area contributed by atoms with Gasteiger partial charge in [-0.15, -0.1) is 0 Å². The smallest absolute Gasteiger partial charge is 0.0838 e. The van der Waals surface area contributed by atoms with Gasteiger partial charge in [-0.05, 0) is 16.5 Å². The molecule has 1 atom stereocenters. The second kappa shape index (κ2) is 4.77. The van der Waals surface area contributed by atoms with Gasteiger partial charge in [-0.2, -0.15) is 0 Å². The summed E-state index contributed by atoms with van der Waals surface area (Å²) in [5, 5.41) is 10.0. The molecule has 0 aliphatic carbocycles. The van der Waals surface area contributed by atoms with Crippen molar-refractivity contribution < 1.29 is 9.84 Å². The summed E-state index contributed by atoms with van der Waals surface area (Å²) in [5.74, 6) is 0. The van der Waals surface area contributed by atoms with Gasteiger partial charge in [0.05, 0.1) is 12.7 Å². The molecule has 0 amide bonds. The lowest BCUT2D eigenvalue weighted by Gasteiger charge is -2.26. The summed E-state index contributed by atoms with van der Waals surface area (Å²) in [7, 11) is 1.68. The molecule has 1 aromatic carbocycles. The van der Waals surface area contributed by atoms with Gasteiger partial charge in [0, 0.05) is 7.11 Å². The van der Waals surface area contributed by atoms with Crippen LogP contribution in [0, 0.1) is 5.41 Å². The molecular formula is C13H20O2. The predicted molar refractivity (Wildman–Crippen MR) is 61.6 cm³/mol. The molecule has 2 nitrogen and oxygen atoms in total. The molecule has 0 bridgehead atoms. The van der Waals surface area contributed by atoms with Crippen molar-refractivity contribution >= 4 is 0 Å². The zero-order valence-corrected chi connectivity index (χ0v) is 9.95. The highest BCUT2D eigenvalue weighted by atomic mass is 16.5. The van der Waals surface area contributed by atoms with Crippen LogP contribution in [0.1, 0.15) is 38.0 Å². The number of methoxy groups -OCH3 is 1. The maximum atomic E-state index is 10.0. The molecule has 0 spiro atoms. The van der Waals surface area contributed by atoms with E-state index < -0.39 is 6.10 Å². The van der Waals surface area contributed by atoms with Crippen LogP contribution in [0.3, 0.4) is 0 Å². The molecule has 15 heavy (non-hydrogen) atoms. The molecule has 1 aromatic rings. The van der Waals surface area contributed by atoms with Crippen molar-refractivity contribution in [2.75, 3.05) is 7.11 Å². The van der Waals surface area contributed by atoms with Crippen molar-refractivity contribution in [2.24, 2.45) is 5.41 Å². The standard InChI is InChI=1S/C13H20O2/c1-13(2,3)12(14)11-7-5-10(6-8-11)9-15-4/h5-8,12,14H,9H2,1-4H3. The van der Waals surface area contributed by atoms with Crippen molar-refractivity contribution in [3.05, 3.63) is 35.4 Å². The predicted octanol–water partition coefficient (Wildman–Crippen LogP) is 2.91. The van der Waals surface area contributed by atoms with Crippen LogP contribution < -0.4 is 0 Å². The van der Waals surface area contributed by atoms with Crippen LogP contribution in [0.2, 0.25) is 0 Å². The van der Waals surface area contributed by atoms with Crippen molar-refractivity contribution in [3.8, 4) is 0 Å². The van der Waals surface area contributed by atoms with Crippen LogP contribution in [-0.4, -0.2) is 12.2 Å². The molecule has 0 saturated heterocycles. The van der Waals surface area contributed by atoms with E-state index in [1.807, 2.05) is 45.0 Å². The average molecular weight is 208 g/mol. The summed E-state index contributed by atoms with van der Waals surface area (Å²) in [5.41, 5.74) is 1.97. The zero-order chi connectivity index (χ0) is 11.5. The molecule has 0 aromatic heterocycles. The van der Waals surface area contributed by atoms with Gasteiger partial charge >= 0.3 is 0 Å². The number of benzene rings is 1. The minimum atomic E-state index is -0.422. The molecule has 0 heterocycles. The number of ether oxygens (including phenoxy) is 1. The fourth-order valence-electron chi connectivity index (χ4n) is 1.46. The highest BCUT2D eigenvalue weighted by Gasteiger charge is 2.23. The molecule has 84 valence electrons. The van der Waals surface area contributed by atoms with Gasteiger partial charge < -0.3 is 9.84 Å². The van der Waals surface area contributed by atoms with E-state index in [9.17, 15) is 5.11 Å². The molecule has 1 unspecified atom stereocenters. The third-order valence-corrected chi connectivity index (χ3v) is 2.43. The Kier molecular flexibility index (Phi) is 3.89. The summed E-state index contributed by atoms with van der Waals surface area (Å²) in [6, 6.07) is 7.91. The minimum Gasteiger partial charge on any atom is -0.388 e. The first-order valence-corrected chi connectivity index (χ1v) is 5.21. The van der Waals surface area contributed by atoms with Crippen molar-refractivity contribution in [1.29, 1.82) is 0 Å². The Morgan fingerprint density at radius 1 is 1.20 bits per heavy atom. The van der Waals surface area contributed by atoms with Crippen LogP contribution in [0.25, 0.3) is 0 Å². The van der Waals surface area contributed by atoms with Gasteiger partial charge in [0.15, 0.2) is 0 Å². The van der Waals surface area contributed by atoms with Crippen LogP contribution in [0.15, 0.2) is 24.3 Å². The van der Waals surface area contributed by atoms with E-state index in [0.717, 1.165) is 11.1 Å². The van der Waals surface area contributed by atoms with Crippen LogP contribution in [-0.2, 0) is 11.3 Å². The fourth-order valence-corrected chi connectivity index (χ4v) is 1.46. The average Bonchev–Trinajstić information content (AvgIpc) is 2.17. The lowest BCUT2D eigenvalue weighted by atomic mass is 9.85. The van der Waals surface area contributed by atoms with Gasteiger partial charge in [0.25, 0.3) is 0 Å². The van der Waals surface area contributed by atoms with Crippen molar-refractivity contribution in [1.82, 2.24) is 0 Å². The first-order valence-electron chi connectivity index (χ1n) is 5.21. The first kappa shape index (κ1) is 12.2. The summed E-state index contributed by atoms with van der Waals surface area (Å²) in [6.07, 6.45) is -0.422. The Labute approximate surface area is 91.9 Å².